The molecule has 3 heteroatoms. The number of carbonyl (C=O) groups excluding carboxylic acids is 1. The number of hydrogen-bond donors (Lipinski definition) is 0. The van der Waals surface area contributed by atoms with Crippen molar-refractivity contribution >= 4 is 5.97 Å². The molecule has 0 saturated carbocycles. The highest BCUT2D eigenvalue weighted by Gasteiger charge is 2.41. The van der Waals surface area contributed by atoms with E-state index in [4.69, 9.17) is 9.47 Å². The molecule has 1 saturated heterocycles. The summed E-state index contributed by atoms with van der Waals surface area (Å²) in [5.41, 5.74) is 0.918. The molecule has 0 aromatic heterocycles. The summed E-state index contributed by atoms with van der Waals surface area (Å²) in [5, 5.41) is 0. The van der Waals surface area contributed by atoms with Crippen LogP contribution in [-0.2, 0) is 20.1 Å². The van der Waals surface area contributed by atoms with E-state index < -0.39 is 5.79 Å². The van der Waals surface area contributed by atoms with Crippen molar-refractivity contribution in [3.8, 4) is 0 Å². The predicted molar refractivity (Wildman–Crippen MR) is 64.2 cm³/mol. The fourth-order valence-corrected chi connectivity index (χ4v) is 2.30. The number of carbonyl (C=O) groups is 1. The monoisotopic (exact) mass is 234 g/mol. The van der Waals surface area contributed by atoms with Gasteiger partial charge in [0.15, 0.2) is 0 Å². The number of benzene rings is 1. The van der Waals surface area contributed by atoms with Gasteiger partial charge in [0.05, 0.1) is 6.61 Å². The Morgan fingerprint density at radius 1 is 1.41 bits per heavy atom. The number of esters is 1. The van der Waals surface area contributed by atoms with Crippen LogP contribution in [0.25, 0.3) is 0 Å². The molecule has 2 unspecified atom stereocenters. The topological polar surface area (TPSA) is 35.5 Å². The molecule has 17 heavy (non-hydrogen) atoms. The molecule has 0 aliphatic carbocycles. The van der Waals surface area contributed by atoms with Gasteiger partial charge in [-0.2, -0.15) is 0 Å². The van der Waals surface area contributed by atoms with Gasteiger partial charge in [-0.3, -0.25) is 4.79 Å². The molecule has 0 spiro atoms. The summed E-state index contributed by atoms with van der Waals surface area (Å²) >= 11 is 0. The zero-order valence-electron chi connectivity index (χ0n) is 10.3. The van der Waals surface area contributed by atoms with Crippen LogP contribution in [0.5, 0.6) is 0 Å². The molecule has 92 valence electrons. The number of hydrogen-bond acceptors (Lipinski definition) is 3. The maximum Gasteiger partial charge on any atom is 0.305 e. The van der Waals surface area contributed by atoms with Crippen molar-refractivity contribution in [1.82, 2.24) is 0 Å². The van der Waals surface area contributed by atoms with Crippen LogP contribution in [0.2, 0.25) is 0 Å². The second-order valence-electron chi connectivity index (χ2n) is 4.66. The minimum Gasteiger partial charge on any atom is -0.429 e. The van der Waals surface area contributed by atoms with E-state index in [1.54, 1.807) is 0 Å². The van der Waals surface area contributed by atoms with Crippen LogP contribution >= 0.6 is 0 Å². The van der Waals surface area contributed by atoms with E-state index in [9.17, 15) is 4.79 Å². The van der Waals surface area contributed by atoms with Crippen molar-refractivity contribution in [2.45, 2.75) is 32.5 Å². The van der Waals surface area contributed by atoms with Crippen LogP contribution in [-0.4, -0.2) is 12.6 Å². The van der Waals surface area contributed by atoms with E-state index >= 15 is 0 Å². The number of rotatable bonds is 2. The molecule has 1 aliphatic rings. The molecular formula is C14H18O3. The number of ether oxygens (including phenoxy) is 2. The van der Waals surface area contributed by atoms with Crippen LogP contribution in [0.1, 0.15) is 32.3 Å². The summed E-state index contributed by atoms with van der Waals surface area (Å²) in [6.07, 6.45) is 1.73. The third-order valence-electron chi connectivity index (χ3n) is 3.09. The molecule has 0 amide bonds. The maximum absolute atomic E-state index is 11.3. The third kappa shape index (κ3) is 2.67. The Morgan fingerprint density at radius 2 is 2.12 bits per heavy atom. The van der Waals surface area contributed by atoms with Gasteiger partial charge < -0.3 is 9.47 Å². The highest BCUT2D eigenvalue weighted by Crippen LogP contribution is 2.38. The molecule has 0 radical (unpaired) electrons. The average molecular weight is 234 g/mol. The SMILES string of the molecule is CC(=O)OC1(c2ccccc2)CC(C)CCO1. The van der Waals surface area contributed by atoms with Gasteiger partial charge in [0.1, 0.15) is 0 Å². The minimum atomic E-state index is -0.884. The van der Waals surface area contributed by atoms with E-state index in [1.165, 1.54) is 6.92 Å². The van der Waals surface area contributed by atoms with Gasteiger partial charge in [0.25, 0.3) is 0 Å². The first-order chi connectivity index (χ1) is 8.12. The Kier molecular flexibility index (Phi) is 3.48. The van der Waals surface area contributed by atoms with Crippen molar-refractivity contribution < 1.29 is 14.3 Å². The summed E-state index contributed by atoms with van der Waals surface area (Å²) < 4.78 is 11.3. The highest BCUT2D eigenvalue weighted by atomic mass is 16.7. The lowest BCUT2D eigenvalue weighted by molar-refractivity contribution is -0.260. The molecular weight excluding hydrogens is 216 g/mol. The second kappa shape index (κ2) is 4.88. The van der Waals surface area contributed by atoms with E-state index in [-0.39, 0.29) is 5.97 Å². The zero-order valence-corrected chi connectivity index (χ0v) is 10.3. The van der Waals surface area contributed by atoms with Crippen LogP contribution in [0.15, 0.2) is 30.3 Å². The van der Waals surface area contributed by atoms with Crippen molar-refractivity contribution in [2.75, 3.05) is 6.61 Å². The Labute approximate surface area is 102 Å². The predicted octanol–water partition coefficient (Wildman–Crippen LogP) is 2.85. The zero-order chi connectivity index (χ0) is 12.3. The Morgan fingerprint density at radius 3 is 2.71 bits per heavy atom. The summed E-state index contributed by atoms with van der Waals surface area (Å²) in [7, 11) is 0. The molecule has 0 bridgehead atoms. The normalized spacial score (nSPS) is 28.7. The first-order valence-corrected chi connectivity index (χ1v) is 6.01. The average Bonchev–Trinajstić information content (AvgIpc) is 2.29. The van der Waals surface area contributed by atoms with Crippen molar-refractivity contribution in [3.63, 3.8) is 0 Å². The molecule has 1 aromatic rings. The van der Waals surface area contributed by atoms with Gasteiger partial charge in [-0.1, -0.05) is 37.3 Å². The lowest BCUT2D eigenvalue weighted by Gasteiger charge is -2.39. The van der Waals surface area contributed by atoms with Crippen LogP contribution in [0.3, 0.4) is 0 Å². The molecule has 0 N–H and O–H groups in total. The summed E-state index contributed by atoms with van der Waals surface area (Å²) in [6.45, 7) is 4.21. The van der Waals surface area contributed by atoms with Crippen LogP contribution < -0.4 is 0 Å². The molecule has 1 aliphatic heterocycles. The first-order valence-electron chi connectivity index (χ1n) is 6.01. The molecule has 1 aromatic carbocycles. The van der Waals surface area contributed by atoms with Gasteiger partial charge in [-0.05, 0) is 12.3 Å². The van der Waals surface area contributed by atoms with Crippen molar-refractivity contribution in [1.29, 1.82) is 0 Å². The third-order valence-corrected chi connectivity index (χ3v) is 3.09. The molecule has 1 fully saturated rings. The van der Waals surface area contributed by atoms with E-state index in [1.807, 2.05) is 30.3 Å². The molecule has 2 rings (SSSR count). The molecule has 1 heterocycles. The fraction of sp³-hybridized carbons (Fsp3) is 0.500. The summed E-state index contributed by atoms with van der Waals surface area (Å²) in [5.74, 6) is -0.698. The highest BCUT2D eigenvalue weighted by molar-refractivity contribution is 5.66. The Bertz CT molecular complexity index is 388. The fourth-order valence-electron chi connectivity index (χ4n) is 2.30. The molecule has 2 atom stereocenters. The van der Waals surface area contributed by atoms with Gasteiger partial charge in [0.2, 0.25) is 5.79 Å². The van der Waals surface area contributed by atoms with Gasteiger partial charge >= 0.3 is 5.97 Å². The van der Waals surface area contributed by atoms with Gasteiger partial charge in [0, 0.05) is 18.9 Å². The smallest absolute Gasteiger partial charge is 0.305 e. The van der Waals surface area contributed by atoms with Gasteiger partial charge in [-0.25, -0.2) is 0 Å². The minimum absolute atomic E-state index is 0.303. The van der Waals surface area contributed by atoms with E-state index in [0.29, 0.717) is 12.5 Å². The second-order valence-corrected chi connectivity index (χ2v) is 4.66. The molecule has 3 nitrogen and oxygen atoms in total. The largest absolute Gasteiger partial charge is 0.429 e. The lowest BCUT2D eigenvalue weighted by Crippen LogP contribution is -2.40. The standard InChI is InChI=1S/C14H18O3/c1-11-8-9-16-14(10-11,17-12(2)15)13-6-4-3-5-7-13/h3-7,11H,8-10H2,1-2H3. The van der Waals surface area contributed by atoms with Crippen molar-refractivity contribution in [2.24, 2.45) is 5.92 Å². The maximum atomic E-state index is 11.3. The van der Waals surface area contributed by atoms with E-state index in [2.05, 4.69) is 6.92 Å². The lowest BCUT2D eigenvalue weighted by atomic mass is 9.90. The Hall–Kier alpha value is -1.35. The summed E-state index contributed by atoms with van der Waals surface area (Å²) in [4.78, 5) is 11.3. The van der Waals surface area contributed by atoms with Gasteiger partial charge in [-0.15, -0.1) is 0 Å². The summed E-state index contributed by atoms with van der Waals surface area (Å²) in [6, 6.07) is 9.70. The van der Waals surface area contributed by atoms with Crippen LogP contribution in [0, 0.1) is 5.92 Å². The Balaban J connectivity index is 2.32. The van der Waals surface area contributed by atoms with Crippen LogP contribution in [0.4, 0.5) is 0 Å². The van der Waals surface area contributed by atoms with Crippen molar-refractivity contribution in [3.05, 3.63) is 35.9 Å². The first kappa shape index (κ1) is 12.1. The van der Waals surface area contributed by atoms with E-state index in [0.717, 1.165) is 18.4 Å². The quantitative estimate of drug-likeness (QED) is 0.738.